The van der Waals surface area contributed by atoms with Gasteiger partial charge in [0.25, 0.3) is 0 Å². The molecular weight excluding hydrogens is 265 g/mol. The predicted molar refractivity (Wildman–Crippen MR) is 92.2 cm³/mol. The average Bonchev–Trinajstić information content (AvgIpc) is 2.36. The summed E-state index contributed by atoms with van der Waals surface area (Å²) in [5, 5.41) is 0. The third kappa shape index (κ3) is 3.49. The van der Waals surface area contributed by atoms with E-state index in [4.69, 9.17) is 4.52 Å². The van der Waals surface area contributed by atoms with Crippen molar-refractivity contribution in [3.63, 3.8) is 0 Å². The lowest BCUT2D eigenvalue weighted by Crippen LogP contribution is -2.69. The van der Waals surface area contributed by atoms with Crippen molar-refractivity contribution in [1.82, 2.24) is 0 Å². The van der Waals surface area contributed by atoms with Crippen LogP contribution in [0.3, 0.4) is 0 Å². The minimum atomic E-state index is -0.450. The first-order valence-electron chi connectivity index (χ1n) is 6.90. The van der Waals surface area contributed by atoms with Crippen LogP contribution < -0.4 is 0 Å². The van der Waals surface area contributed by atoms with Gasteiger partial charge in [0.2, 0.25) is 0 Å². The van der Waals surface area contributed by atoms with Gasteiger partial charge >= 0.3 is 0 Å². The van der Waals surface area contributed by atoms with E-state index in [9.17, 15) is 0 Å². The van der Waals surface area contributed by atoms with Gasteiger partial charge in [-0.05, 0) is 12.8 Å². The second-order valence-corrected chi connectivity index (χ2v) is 6.32. The Morgan fingerprint density at radius 1 is 0.850 bits per heavy atom. The van der Waals surface area contributed by atoms with Gasteiger partial charge in [-0.3, -0.25) is 0 Å². The van der Waals surface area contributed by atoms with E-state index >= 15 is 0 Å². The molecular formula is C17H30NOP. The Morgan fingerprint density at radius 3 is 1.40 bits per heavy atom. The fourth-order valence-electron chi connectivity index (χ4n) is 3.20. The number of hydrogen-bond acceptors (Lipinski definition) is 1. The van der Waals surface area contributed by atoms with E-state index in [-0.39, 0.29) is 5.54 Å². The highest BCUT2D eigenvalue weighted by molar-refractivity contribution is 7.09. The third-order valence-corrected chi connectivity index (χ3v) is 4.63. The molecule has 0 aromatic heterocycles. The van der Waals surface area contributed by atoms with Crippen LogP contribution in [-0.4, -0.2) is 36.8 Å². The van der Waals surface area contributed by atoms with Gasteiger partial charge in [-0.2, -0.15) is 0 Å². The largest absolute Gasteiger partial charge is 0.551 e. The quantitative estimate of drug-likeness (QED) is 0.309. The van der Waals surface area contributed by atoms with Crippen LogP contribution >= 0.6 is 9.47 Å². The molecule has 20 heavy (non-hydrogen) atoms. The van der Waals surface area contributed by atoms with Gasteiger partial charge in [-0.1, -0.05) is 24.3 Å². The Hall–Kier alpha value is -0.690. The summed E-state index contributed by atoms with van der Waals surface area (Å²) in [7, 11) is 9.86. The summed E-state index contributed by atoms with van der Waals surface area (Å²) in [5.41, 5.74) is -0.658. The van der Waals surface area contributed by atoms with E-state index in [1.807, 2.05) is 24.3 Å². The standard InChI is InChI=1S/C17H30NOP/c1-8-12-16(13-9-2,18(5,6)7)17(19-20,14-10-3)15-11-4/h8-11,20H,1-4,12-15H2,5-7H3. The highest BCUT2D eigenvalue weighted by Gasteiger charge is 2.56. The highest BCUT2D eigenvalue weighted by atomic mass is 31.0. The second kappa shape index (κ2) is 7.93. The van der Waals surface area contributed by atoms with Crippen molar-refractivity contribution in [1.29, 1.82) is 0 Å². The lowest BCUT2D eigenvalue weighted by Gasteiger charge is -2.58. The number of quaternary nitrogens is 1. The Balaban J connectivity index is 6.21. The SMILES string of the molecule is C=CCC(CC=C)(O[PH-])C(CC=C)(CC=C)[N+](C)(C)C. The molecule has 0 aromatic carbocycles. The number of likely N-dealkylation sites (N-methyl/N-ethyl adjacent to an activating group) is 1. The first-order valence-corrected chi connectivity index (χ1v) is 7.31. The highest BCUT2D eigenvalue weighted by Crippen LogP contribution is 2.46. The molecule has 0 aliphatic carbocycles. The average molecular weight is 295 g/mol. The molecule has 0 heterocycles. The maximum atomic E-state index is 5.87. The Labute approximate surface area is 127 Å². The molecule has 0 N–H and O–H groups in total. The van der Waals surface area contributed by atoms with Gasteiger partial charge in [0.1, 0.15) is 5.54 Å². The van der Waals surface area contributed by atoms with Gasteiger partial charge < -0.3 is 18.5 Å². The van der Waals surface area contributed by atoms with Crippen molar-refractivity contribution >= 4 is 9.47 Å². The Morgan fingerprint density at radius 2 is 1.20 bits per heavy atom. The fraction of sp³-hybridized carbons (Fsp3) is 0.529. The molecule has 2 nitrogen and oxygen atoms in total. The third-order valence-electron chi connectivity index (χ3n) is 4.24. The van der Waals surface area contributed by atoms with Gasteiger partial charge in [-0.15, -0.1) is 26.3 Å². The molecule has 0 amide bonds. The molecule has 0 saturated heterocycles. The topological polar surface area (TPSA) is 9.23 Å². The van der Waals surface area contributed by atoms with Gasteiger partial charge in [0.15, 0.2) is 0 Å². The van der Waals surface area contributed by atoms with Crippen molar-refractivity contribution in [3.8, 4) is 0 Å². The number of hydrogen-bond donors (Lipinski definition) is 0. The van der Waals surface area contributed by atoms with Crippen LogP contribution in [0.15, 0.2) is 50.6 Å². The normalized spacial score (nSPS) is 12.8. The monoisotopic (exact) mass is 295 g/mol. The van der Waals surface area contributed by atoms with Crippen molar-refractivity contribution in [2.45, 2.75) is 36.8 Å². The molecule has 114 valence electrons. The van der Waals surface area contributed by atoms with E-state index in [1.165, 1.54) is 0 Å². The molecule has 0 rings (SSSR count). The molecule has 0 saturated carbocycles. The summed E-state index contributed by atoms with van der Waals surface area (Å²) in [5.74, 6) is 0. The molecule has 0 atom stereocenters. The van der Waals surface area contributed by atoms with Gasteiger partial charge in [-0.25, -0.2) is 0 Å². The number of nitrogens with zero attached hydrogens (tertiary/aromatic N) is 1. The predicted octanol–water partition coefficient (Wildman–Crippen LogP) is 4.55. The molecule has 0 bridgehead atoms. The zero-order valence-corrected chi connectivity index (χ0v) is 14.3. The molecule has 0 aromatic rings. The van der Waals surface area contributed by atoms with Crippen LogP contribution in [0.25, 0.3) is 0 Å². The summed E-state index contributed by atoms with van der Waals surface area (Å²) >= 11 is 0. The minimum absolute atomic E-state index is 0.208. The lowest BCUT2D eigenvalue weighted by atomic mass is 9.69. The van der Waals surface area contributed by atoms with E-state index < -0.39 is 5.60 Å². The fourth-order valence-corrected chi connectivity index (χ4v) is 3.56. The zero-order chi connectivity index (χ0) is 15.9. The van der Waals surface area contributed by atoms with Gasteiger partial charge in [0.05, 0.1) is 26.7 Å². The summed E-state index contributed by atoms with van der Waals surface area (Å²) in [6.07, 6.45) is 10.8. The summed E-state index contributed by atoms with van der Waals surface area (Å²) in [6.45, 7) is 15.7. The molecule has 0 spiro atoms. The minimum Gasteiger partial charge on any atom is -0.551 e. The lowest BCUT2D eigenvalue weighted by molar-refractivity contribution is -0.931. The van der Waals surface area contributed by atoms with E-state index in [0.717, 1.165) is 30.2 Å². The van der Waals surface area contributed by atoms with Crippen LogP contribution in [-0.2, 0) is 4.52 Å². The smallest absolute Gasteiger partial charge is 0.133 e. The summed E-state index contributed by atoms with van der Waals surface area (Å²) in [6, 6.07) is 0. The zero-order valence-electron chi connectivity index (χ0n) is 13.3. The Kier molecular flexibility index (Phi) is 7.65. The van der Waals surface area contributed by atoms with E-state index in [2.05, 4.69) is 56.9 Å². The Bertz CT molecular complexity index is 334. The van der Waals surface area contributed by atoms with Crippen LogP contribution in [0.5, 0.6) is 0 Å². The molecule has 0 radical (unpaired) electrons. The van der Waals surface area contributed by atoms with Crippen molar-refractivity contribution in [3.05, 3.63) is 50.6 Å². The summed E-state index contributed by atoms with van der Waals surface area (Å²) in [4.78, 5) is 0. The van der Waals surface area contributed by atoms with Crippen molar-refractivity contribution in [2.24, 2.45) is 0 Å². The van der Waals surface area contributed by atoms with Crippen molar-refractivity contribution < 1.29 is 9.01 Å². The molecule has 0 aliphatic rings. The molecule has 3 heteroatoms. The summed E-state index contributed by atoms with van der Waals surface area (Å²) < 4.78 is 6.60. The maximum absolute atomic E-state index is 5.87. The number of rotatable bonds is 11. The molecule has 0 aliphatic heterocycles. The van der Waals surface area contributed by atoms with Crippen molar-refractivity contribution in [2.75, 3.05) is 21.1 Å². The first-order chi connectivity index (χ1) is 9.30. The van der Waals surface area contributed by atoms with E-state index in [1.54, 1.807) is 0 Å². The first kappa shape index (κ1) is 19.3. The molecule has 0 unspecified atom stereocenters. The van der Waals surface area contributed by atoms with Gasteiger partial charge in [0, 0.05) is 12.8 Å². The second-order valence-electron chi connectivity index (χ2n) is 6.11. The van der Waals surface area contributed by atoms with Crippen LogP contribution in [0.1, 0.15) is 25.7 Å². The molecule has 0 fully saturated rings. The van der Waals surface area contributed by atoms with Crippen LogP contribution in [0.2, 0.25) is 0 Å². The van der Waals surface area contributed by atoms with Crippen LogP contribution in [0, 0.1) is 0 Å². The van der Waals surface area contributed by atoms with E-state index in [0.29, 0.717) is 0 Å². The maximum Gasteiger partial charge on any atom is 0.133 e. The van der Waals surface area contributed by atoms with Crippen LogP contribution in [0.4, 0.5) is 0 Å².